The van der Waals surface area contributed by atoms with E-state index in [9.17, 15) is 0 Å². The predicted molar refractivity (Wildman–Crippen MR) is 39.6 cm³/mol. The van der Waals surface area contributed by atoms with Crippen LogP contribution in [0.1, 0.15) is 0 Å². The molecule has 0 aromatic heterocycles. The fourth-order valence-corrected chi connectivity index (χ4v) is 0.450. The van der Waals surface area contributed by atoms with Crippen molar-refractivity contribution in [1.29, 1.82) is 0 Å². The van der Waals surface area contributed by atoms with E-state index in [0.717, 1.165) is 6.22 Å². The third kappa shape index (κ3) is 4.11. The van der Waals surface area contributed by atoms with Crippen molar-refractivity contribution < 1.29 is 0 Å². The van der Waals surface area contributed by atoms with Crippen molar-refractivity contribution in [2.75, 3.05) is 0 Å². The van der Waals surface area contributed by atoms with Crippen molar-refractivity contribution in [2.24, 2.45) is 0 Å². The van der Waals surface area contributed by atoms with Gasteiger partial charge in [0.1, 0.15) is 0 Å². The maximum Gasteiger partial charge on any atom is 0.0964 e. The molecule has 0 unspecified atom stereocenters. The molecule has 0 aromatic carbocycles. The molecule has 0 aliphatic heterocycles. The minimum Gasteiger partial charge on any atom is -0.108 e. The maximum atomic E-state index is 5.21. The van der Waals surface area contributed by atoms with E-state index in [0.29, 0.717) is 6.60 Å². The molecule has 0 atom stereocenters. The summed E-state index contributed by atoms with van der Waals surface area (Å²) in [4.78, 5) is 0. The summed E-state index contributed by atoms with van der Waals surface area (Å²) < 4.78 is 0. The SMILES string of the molecule is [B][B]B(C)C[B]C. The van der Waals surface area contributed by atoms with Crippen LogP contribution in [0.2, 0.25) is 19.9 Å². The van der Waals surface area contributed by atoms with E-state index in [1.165, 1.54) is 0 Å². The minimum atomic E-state index is 0.546. The van der Waals surface area contributed by atoms with Gasteiger partial charge in [-0.2, -0.15) is 0 Å². The summed E-state index contributed by atoms with van der Waals surface area (Å²) in [6.07, 6.45) is 1.09. The third-order valence-electron chi connectivity index (χ3n) is 0.936. The van der Waals surface area contributed by atoms with Crippen LogP contribution in [0.15, 0.2) is 0 Å². The first-order chi connectivity index (χ1) is 3.31. The number of rotatable bonds is 3. The normalized spacial score (nSPS) is 7.71. The van der Waals surface area contributed by atoms with Crippen molar-refractivity contribution >= 4 is 28.7 Å². The molecular formula is C3H8B4. The van der Waals surface area contributed by atoms with Crippen molar-refractivity contribution in [3.8, 4) is 0 Å². The Kier molecular flexibility index (Phi) is 4.58. The lowest BCUT2D eigenvalue weighted by atomic mass is 9.11. The highest BCUT2D eigenvalue weighted by atomic mass is 13.3. The third-order valence-corrected chi connectivity index (χ3v) is 0.936. The molecule has 4 heteroatoms. The van der Waals surface area contributed by atoms with Crippen molar-refractivity contribution in [1.82, 2.24) is 0 Å². The molecule has 0 N–H and O–H groups in total. The zero-order valence-corrected chi connectivity index (χ0v) is 5.02. The summed E-state index contributed by atoms with van der Waals surface area (Å²) in [7, 11) is 9.05. The second kappa shape index (κ2) is 4.42. The fraction of sp³-hybridized carbons (Fsp3) is 1.00. The van der Waals surface area contributed by atoms with Gasteiger partial charge in [0.15, 0.2) is 0 Å². The lowest BCUT2D eigenvalue weighted by Crippen LogP contribution is -2.19. The second-order valence-corrected chi connectivity index (χ2v) is 1.81. The highest BCUT2D eigenvalue weighted by molar-refractivity contribution is 7.32. The molecule has 0 bridgehead atoms. The van der Waals surface area contributed by atoms with E-state index in [4.69, 9.17) is 7.74 Å². The Morgan fingerprint density at radius 1 is 1.71 bits per heavy atom. The first-order valence-corrected chi connectivity index (χ1v) is 2.64. The average molecular weight is 87.3 g/mol. The fourth-order valence-electron chi connectivity index (χ4n) is 0.450. The van der Waals surface area contributed by atoms with Crippen LogP contribution in [0.5, 0.6) is 0 Å². The Labute approximate surface area is 49.4 Å². The highest BCUT2D eigenvalue weighted by Crippen LogP contribution is 1.83. The van der Waals surface area contributed by atoms with Gasteiger partial charge in [0.2, 0.25) is 0 Å². The molecule has 32 valence electrons. The van der Waals surface area contributed by atoms with Crippen LogP contribution in [0.25, 0.3) is 0 Å². The van der Waals surface area contributed by atoms with E-state index in [-0.39, 0.29) is 0 Å². The van der Waals surface area contributed by atoms with E-state index in [1.807, 2.05) is 6.82 Å². The molecule has 0 aliphatic carbocycles. The van der Waals surface area contributed by atoms with Crippen molar-refractivity contribution in [2.45, 2.75) is 19.9 Å². The van der Waals surface area contributed by atoms with Gasteiger partial charge in [-0.3, -0.25) is 0 Å². The topological polar surface area (TPSA) is 0 Å². The molecule has 4 radical (unpaired) electrons. The van der Waals surface area contributed by atoms with Gasteiger partial charge < -0.3 is 0 Å². The highest BCUT2D eigenvalue weighted by Gasteiger charge is 1.98. The van der Waals surface area contributed by atoms with Crippen LogP contribution < -0.4 is 0 Å². The van der Waals surface area contributed by atoms with E-state index < -0.39 is 0 Å². The average Bonchev–Trinajstić information content (AvgIpc) is 1.68. The summed E-state index contributed by atoms with van der Waals surface area (Å²) in [5.74, 6) is 0. The molecule has 0 rings (SSSR count). The quantitative estimate of drug-likeness (QED) is 0.429. The molecule has 7 heavy (non-hydrogen) atoms. The molecule has 0 fully saturated rings. The Morgan fingerprint density at radius 2 is 2.29 bits per heavy atom. The van der Waals surface area contributed by atoms with E-state index >= 15 is 0 Å². The predicted octanol–water partition coefficient (Wildman–Crippen LogP) is 0.105. The van der Waals surface area contributed by atoms with Crippen LogP contribution >= 0.6 is 0 Å². The molecular weight excluding hydrogens is 79.3 g/mol. The summed E-state index contributed by atoms with van der Waals surface area (Å²) in [5.41, 5.74) is 0. The molecule has 0 spiro atoms. The Bertz CT molecular complexity index is 37.9. The lowest BCUT2D eigenvalue weighted by Gasteiger charge is -1.96. The first kappa shape index (κ1) is 7.26. The van der Waals surface area contributed by atoms with Gasteiger partial charge in [0, 0.05) is 14.8 Å². The summed E-state index contributed by atoms with van der Waals surface area (Å²) in [6, 6.07) is 0. The number of hydrogen-bond donors (Lipinski definition) is 0. The molecule has 0 saturated carbocycles. The van der Waals surface area contributed by atoms with Crippen molar-refractivity contribution in [3.05, 3.63) is 0 Å². The van der Waals surface area contributed by atoms with E-state index in [2.05, 4.69) is 14.1 Å². The van der Waals surface area contributed by atoms with E-state index in [1.54, 1.807) is 7.06 Å². The molecule has 0 nitrogen and oxygen atoms in total. The zero-order valence-electron chi connectivity index (χ0n) is 5.02. The Hall–Kier alpha value is 0.260. The maximum absolute atomic E-state index is 5.21. The van der Waals surface area contributed by atoms with Crippen molar-refractivity contribution in [3.63, 3.8) is 0 Å². The summed E-state index contributed by atoms with van der Waals surface area (Å²) in [6.45, 7) is 4.69. The van der Waals surface area contributed by atoms with Gasteiger partial charge in [-0.25, -0.2) is 0 Å². The molecule has 0 heterocycles. The lowest BCUT2D eigenvalue weighted by molar-refractivity contribution is 1.89. The smallest absolute Gasteiger partial charge is 0.0964 e. The standard InChI is InChI=1S/C3H8B4/c1-5-3-7(2)6-4/h3H2,1-2H3. The van der Waals surface area contributed by atoms with Crippen LogP contribution in [0.3, 0.4) is 0 Å². The van der Waals surface area contributed by atoms with Crippen LogP contribution in [-0.4, -0.2) is 28.7 Å². The van der Waals surface area contributed by atoms with Gasteiger partial charge in [-0.1, -0.05) is 13.6 Å². The zero-order chi connectivity index (χ0) is 5.70. The number of hydrogen-bond acceptors (Lipinski definition) is 0. The van der Waals surface area contributed by atoms with Gasteiger partial charge in [0.25, 0.3) is 0 Å². The Morgan fingerprint density at radius 3 is 2.43 bits per heavy atom. The van der Waals surface area contributed by atoms with Gasteiger partial charge in [-0.05, 0) is 0 Å². The largest absolute Gasteiger partial charge is 0.108 e. The van der Waals surface area contributed by atoms with Crippen LogP contribution in [-0.2, 0) is 0 Å². The second-order valence-electron chi connectivity index (χ2n) is 1.81. The Balaban J connectivity index is 2.83. The minimum absolute atomic E-state index is 0.546. The van der Waals surface area contributed by atoms with Crippen LogP contribution in [0, 0.1) is 0 Å². The first-order valence-electron chi connectivity index (χ1n) is 2.64. The van der Waals surface area contributed by atoms with Crippen LogP contribution in [0.4, 0.5) is 0 Å². The van der Waals surface area contributed by atoms with Gasteiger partial charge in [0.05, 0.1) is 13.9 Å². The molecule has 0 aromatic rings. The molecule has 0 saturated heterocycles. The van der Waals surface area contributed by atoms with Gasteiger partial charge in [-0.15, -0.1) is 6.22 Å². The summed E-state index contributed by atoms with van der Waals surface area (Å²) >= 11 is 0. The molecule has 0 amide bonds. The summed E-state index contributed by atoms with van der Waals surface area (Å²) in [5, 5.41) is 0. The van der Waals surface area contributed by atoms with Gasteiger partial charge >= 0.3 is 0 Å². The molecule has 0 aliphatic rings. The monoisotopic (exact) mass is 88.1 g/mol.